The number of methoxy groups -OCH3 is 2. The number of esters is 1. The Bertz CT molecular complexity index is 2240. The van der Waals surface area contributed by atoms with Gasteiger partial charge in [-0.1, -0.05) is 49.4 Å². The molecule has 282 valence electrons. The lowest BCUT2D eigenvalue weighted by molar-refractivity contribution is -0.116. The number of thioether (sulfide) groups is 1. The molecule has 5 aromatic rings. The molecule has 1 unspecified atom stereocenters. The predicted molar refractivity (Wildman–Crippen MR) is 215 cm³/mol. The van der Waals surface area contributed by atoms with E-state index in [2.05, 4.69) is 21.3 Å². The predicted octanol–water partition coefficient (Wildman–Crippen LogP) is 7.73. The lowest BCUT2D eigenvalue weighted by Crippen LogP contribution is -2.30. The highest BCUT2D eigenvalue weighted by atomic mass is 32.2. The SMILES string of the molecule is CCC(Sc1cccc(NC(=O)/C(=C\c2ccc(O)cc2OC)NC(=O)c2ccccc2)c1)C(=O)Nc1sc(C(=O)Nc2ccccc2)c(C)c1C(=O)OC. The molecule has 0 bridgehead atoms. The Balaban J connectivity index is 1.34. The molecule has 1 aromatic heterocycles. The van der Waals surface area contributed by atoms with Crippen LogP contribution in [0.3, 0.4) is 0 Å². The van der Waals surface area contributed by atoms with Crippen molar-refractivity contribution in [1.29, 1.82) is 0 Å². The number of thiophene rings is 1. The summed E-state index contributed by atoms with van der Waals surface area (Å²) in [5.41, 5.74) is 2.11. The van der Waals surface area contributed by atoms with Crippen LogP contribution in [0.1, 0.15) is 54.9 Å². The molecule has 0 spiro atoms. The number of aromatic hydroxyl groups is 1. The zero-order valence-corrected chi connectivity index (χ0v) is 31.9. The van der Waals surface area contributed by atoms with Crippen LogP contribution in [0.15, 0.2) is 114 Å². The maximum absolute atomic E-state index is 13.7. The van der Waals surface area contributed by atoms with E-state index < -0.39 is 34.8 Å². The lowest BCUT2D eigenvalue weighted by atomic mass is 10.1. The van der Waals surface area contributed by atoms with Crippen molar-refractivity contribution in [2.45, 2.75) is 30.4 Å². The third-order valence-electron chi connectivity index (χ3n) is 8.09. The maximum Gasteiger partial charge on any atom is 0.341 e. The fraction of sp³-hybridized carbons (Fsp3) is 0.146. The number of nitrogens with one attached hydrogen (secondary N) is 4. The summed E-state index contributed by atoms with van der Waals surface area (Å²) < 4.78 is 10.4. The summed E-state index contributed by atoms with van der Waals surface area (Å²) in [5.74, 6) is -2.43. The number of ether oxygens (including phenoxy) is 2. The Morgan fingerprint density at radius 2 is 1.51 bits per heavy atom. The summed E-state index contributed by atoms with van der Waals surface area (Å²) in [4.78, 5) is 67.5. The number of hydrogen-bond acceptors (Lipinski definition) is 10. The Hall–Kier alpha value is -6.38. The van der Waals surface area contributed by atoms with Gasteiger partial charge >= 0.3 is 5.97 Å². The number of benzene rings is 4. The quantitative estimate of drug-likeness (QED) is 0.0430. The normalized spacial score (nSPS) is 11.5. The number of carbonyl (C=O) groups is 5. The minimum absolute atomic E-state index is 0.0351. The van der Waals surface area contributed by atoms with Crippen LogP contribution < -0.4 is 26.0 Å². The lowest BCUT2D eigenvalue weighted by Gasteiger charge is -2.16. The van der Waals surface area contributed by atoms with Crippen LogP contribution >= 0.6 is 23.1 Å². The fourth-order valence-corrected chi connectivity index (χ4v) is 7.42. The third kappa shape index (κ3) is 10.2. The average molecular weight is 779 g/mol. The molecule has 5 rings (SSSR count). The van der Waals surface area contributed by atoms with Gasteiger partial charge in [-0.3, -0.25) is 19.2 Å². The Morgan fingerprint density at radius 1 is 0.818 bits per heavy atom. The van der Waals surface area contributed by atoms with Crippen molar-refractivity contribution in [3.63, 3.8) is 0 Å². The molecule has 14 heteroatoms. The summed E-state index contributed by atoms with van der Waals surface area (Å²) in [5, 5.41) is 20.6. The molecule has 1 atom stereocenters. The Morgan fingerprint density at radius 3 is 2.18 bits per heavy atom. The molecule has 0 aliphatic rings. The molecule has 0 saturated carbocycles. The van der Waals surface area contributed by atoms with E-state index in [1.165, 1.54) is 44.2 Å². The van der Waals surface area contributed by atoms with Crippen LogP contribution in [0.4, 0.5) is 16.4 Å². The summed E-state index contributed by atoms with van der Waals surface area (Å²) in [7, 11) is 2.65. The second kappa shape index (κ2) is 18.6. The minimum atomic E-state index is -0.691. The molecule has 1 heterocycles. The van der Waals surface area contributed by atoms with Gasteiger partial charge in [0.15, 0.2) is 0 Å². The fourth-order valence-electron chi connectivity index (χ4n) is 5.32. The molecule has 0 aliphatic carbocycles. The molecule has 12 nitrogen and oxygen atoms in total. The van der Waals surface area contributed by atoms with Gasteiger partial charge in [-0.15, -0.1) is 23.1 Å². The van der Waals surface area contributed by atoms with E-state index in [0.29, 0.717) is 39.4 Å². The molecule has 5 N–H and O–H groups in total. The number of hydrogen-bond donors (Lipinski definition) is 5. The van der Waals surface area contributed by atoms with E-state index in [9.17, 15) is 29.1 Å². The summed E-state index contributed by atoms with van der Waals surface area (Å²) in [6, 6.07) is 28.5. The van der Waals surface area contributed by atoms with Crippen molar-refractivity contribution < 1.29 is 38.6 Å². The van der Waals surface area contributed by atoms with Crippen LogP contribution in [0.25, 0.3) is 6.08 Å². The number of rotatable bonds is 14. The number of phenols is 1. The molecule has 4 aromatic carbocycles. The molecular weight excluding hydrogens is 741 g/mol. The molecule has 0 aliphatic heterocycles. The van der Waals surface area contributed by atoms with Crippen LogP contribution in [0, 0.1) is 6.92 Å². The van der Waals surface area contributed by atoms with E-state index in [4.69, 9.17) is 9.47 Å². The monoisotopic (exact) mass is 778 g/mol. The Kier molecular flexibility index (Phi) is 13.5. The second-order valence-corrected chi connectivity index (χ2v) is 14.2. The number of phenolic OH excluding ortho intramolecular Hbond substituents is 1. The summed E-state index contributed by atoms with van der Waals surface area (Å²) >= 11 is 2.22. The average Bonchev–Trinajstić information content (AvgIpc) is 3.52. The first-order chi connectivity index (χ1) is 26.5. The molecule has 0 radical (unpaired) electrons. The van der Waals surface area contributed by atoms with E-state index in [1.807, 2.05) is 13.0 Å². The van der Waals surface area contributed by atoms with Crippen molar-refractivity contribution >= 4 is 75.1 Å². The number of amides is 4. The van der Waals surface area contributed by atoms with Crippen molar-refractivity contribution in [3.05, 3.63) is 136 Å². The van der Waals surface area contributed by atoms with Gasteiger partial charge in [-0.05, 0) is 79.6 Å². The van der Waals surface area contributed by atoms with Gasteiger partial charge in [0, 0.05) is 33.5 Å². The van der Waals surface area contributed by atoms with Gasteiger partial charge in [0.1, 0.15) is 22.2 Å². The molecular formula is C41H38N4O8S2. The van der Waals surface area contributed by atoms with Crippen molar-refractivity contribution in [1.82, 2.24) is 5.32 Å². The zero-order chi connectivity index (χ0) is 39.5. The first-order valence-electron chi connectivity index (χ1n) is 16.9. The van der Waals surface area contributed by atoms with E-state index in [-0.39, 0.29) is 32.6 Å². The van der Waals surface area contributed by atoms with Gasteiger partial charge in [0.2, 0.25) is 5.91 Å². The van der Waals surface area contributed by atoms with Crippen LogP contribution in [-0.4, -0.2) is 54.2 Å². The maximum atomic E-state index is 13.7. The topological polar surface area (TPSA) is 172 Å². The van der Waals surface area contributed by atoms with Crippen molar-refractivity contribution in [2.75, 3.05) is 30.2 Å². The number of para-hydroxylation sites is 1. The number of anilines is 3. The van der Waals surface area contributed by atoms with Crippen LogP contribution in [-0.2, 0) is 14.3 Å². The van der Waals surface area contributed by atoms with E-state index >= 15 is 0 Å². The van der Waals surface area contributed by atoms with Crippen LogP contribution in [0.5, 0.6) is 11.5 Å². The van der Waals surface area contributed by atoms with E-state index in [0.717, 1.165) is 11.3 Å². The number of carbonyl (C=O) groups excluding carboxylic acids is 5. The Labute approximate surface area is 326 Å². The van der Waals surface area contributed by atoms with Crippen LogP contribution in [0.2, 0.25) is 0 Å². The second-order valence-electron chi connectivity index (χ2n) is 11.9. The minimum Gasteiger partial charge on any atom is -0.508 e. The van der Waals surface area contributed by atoms with E-state index in [1.54, 1.807) is 91.9 Å². The van der Waals surface area contributed by atoms with Crippen molar-refractivity contribution in [2.24, 2.45) is 0 Å². The molecule has 4 amide bonds. The van der Waals surface area contributed by atoms with Gasteiger partial charge in [0.05, 0.1) is 29.9 Å². The molecule has 0 saturated heterocycles. The highest BCUT2D eigenvalue weighted by Crippen LogP contribution is 2.36. The largest absolute Gasteiger partial charge is 0.508 e. The standard InChI is InChI=1S/C41H38N4O8S2/c1-5-33(38(49)45-40-34(41(51)53-4)24(2)35(55-40)39(50)42-27-15-10-7-11-16-27)54-30-18-12-17-28(22-30)43-37(48)31(44-36(47)25-13-8-6-9-14-25)21-26-19-20-29(46)23-32(26)52-3/h6-23,33,46H,5H2,1-4H3,(H,42,50)(H,43,48)(H,44,47)(H,45,49)/b31-21+. The molecule has 0 fully saturated rings. The highest BCUT2D eigenvalue weighted by Gasteiger charge is 2.28. The third-order valence-corrected chi connectivity index (χ3v) is 10.7. The van der Waals surface area contributed by atoms with Crippen molar-refractivity contribution in [3.8, 4) is 11.5 Å². The van der Waals surface area contributed by atoms with Gasteiger partial charge in [0.25, 0.3) is 17.7 Å². The zero-order valence-electron chi connectivity index (χ0n) is 30.3. The highest BCUT2D eigenvalue weighted by molar-refractivity contribution is 8.00. The van der Waals surface area contributed by atoms with Gasteiger partial charge < -0.3 is 35.8 Å². The van der Waals surface area contributed by atoms with Gasteiger partial charge in [-0.25, -0.2) is 4.79 Å². The smallest absolute Gasteiger partial charge is 0.341 e. The summed E-state index contributed by atoms with van der Waals surface area (Å²) in [6.45, 7) is 3.46. The first-order valence-corrected chi connectivity index (χ1v) is 18.6. The molecule has 55 heavy (non-hydrogen) atoms. The first kappa shape index (κ1) is 39.8. The summed E-state index contributed by atoms with van der Waals surface area (Å²) in [6.07, 6.45) is 1.84. The van der Waals surface area contributed by atoms with Gasteiger partial charge in [-0.2, -0.15) is 0 Å².